The highest BCUT2D eigenvalue weighted by atomic mass is 32.2. The van der Waals surface area contributed by atoms with E-state index in [2.05, 4.69) is 11.6 Å². The van der Waals surface area contributed by atoms with Crippen LogP contribution >= 0.6 is 0 Å². The third kappa shape index (κ3) is 4.50. The van der Waals surface area contributed by atoms with Gasteiger partial charge in [0.2, 0.25) is 0 Å². The van der Waals surface area contributed by atoms with Gasteiger partial charge in [-0.05, 0) is 62.4 Å². The first-order valence-electron chi connectivity index (χ1n) is 9.26. The van der Waals surface area contributed by atoms with Crippen LogP contribution in [0, 0.1) is 19.8 Å². The third-order valence-corrected chi connectivity index (χ3v) is 6.50. The average Bonchev–Trinajstić information content (AvgIpc) is 2.64. The standard InChI is InChI=1S/C21H26N2O3S/c1-15-4-7-18(8-5-15)22-27(25,26)19-9-6-17(3)20(14-19)21(24)23-12-10-16(2)11-13-23/h4-9,14,16,22H,10-13H2,1-3H3. The number of anilines is 1. The monoisotopic (exact) mass is 386 g/mol. The highest BCUT2D eigenvalue weighted by molar-refractivity contribution is 7.92. The van der Waals surface area contributed by atoms with Gasteiger partial charge in [0.25, 0.3) is 15.9 Å². The van der Waals surface area contributed by atoms with Gasteiger partial charge in [-0.25, -0.2) is 8.42 Å². The highest BCUT2D eigenvalue weighted by Crippen LogP contribution is 2.23. The molecule has 0 bridgehead atoms. The molecule has 0 saturated carbocycles. The van der Waals surface area contributed by atoms with E-state index in [9.17, 15) is 13.2 Å². The number of nitrogens with one attached hydrogen (secondary N) is 1. The van der Waals surface area contributed by atoms with Crippen LogP contribution in [0.1, 0.15) is 41.3 Å². The molecule has 0 aromatic heterocycles. The van der Waals surface area contributed by atoms with Crippen molar-refractivity contribution in [2.24, 2.45) is 5.92 Å². The zero-order valence-electron chi connectivity index (χ0n) is 16.0. The van der Waals surface area contributed by atoms with Crippen molar-refractivity contribution in [2.75, 3.05) is 17.8 Å². The summed E-state index contributed by atoms with van der Waals surface area (Å²) >= 11 is 0. The van der Waals surface area contributed by atoms with Crippen molar-refractivity contribution in [2.45, 2.75) is 38.5 Å². The number of hydrogen-bond acceptors (Lipinski definition) is 3. The fourth-order valence-corrected chi connectivity index (χ4v) is 4.30. The van der Waals surface area contributed by atoms with Crippen LogP contribution in [0.3, 0.4) is 0 Å². The third-order valence-electron chi connectivity index (χ3n) is 5.12. The fraction of sp³-hybridized carbons (Fsp3) is 0.381. The minimum Gasteiger partial charge on any atom is -0.339 e. The second kappa shape index (κ2) is 7.72. The molecule has 1 fully saturated rings. The number of aryl methyl sites for hydroxylation is 2. The smallest absolute Gasteiger partial charge is 0.261 e. The number of rotatable bonds is 4. The molecule has 27 heavy (non-hydrogen) atoms. The van der Waals surface area contributed by atoms with Gasteiger partial charge in [0.05, 0.1) is 4.90 Å². The van der Waals surface area contributed by atoms with E-state index >= 15 is 0 Å². The molecule has 0 spiro atoms. The van der Waals surface area contributed by atoms with Gasteiger partial charge >= 0.3 is 0 Å². The van der Waals surface area contributed by atoms with Crippen molar-refractivity contribution in [3.05, 3.63) is 59.2 Å². The van der Waals surface area contributed by atoms with Gasteiger partial charge in [-0.15, -0.1) is 0 Å². The summed E-state index contributed by atoms with van der Waals surface area (Å²) in [4.78, 5) is 14.8. The molecule has 2 aromatic carbocycles. The molecule has 6 heteroatoms. The maximum Gasteiger partial charge on any atom is 0.261 e. The maximum absolute atomic E-state index is 12.9. The Morgan fingerprint density at radius 3 is 2.30 bits per heavy atom. The Morgan fingerprint density at radius 2 is 1.67 bits per heavy atom. The number of benzene rings is 2. The lowest BCUT2D eigenvalue weighted by atomic mass is 9.98. The predicted molar refractivity (Wildman–Crippen MR) is 107 cm³/mol. The van der Waals surface area contributed by atoms with Crippen molar-refractivity contribution in [1.29, 1.82) is 0 Å². The minimum absolute atomic E-state index is 0.0909. The molecular formula is C21H26N2O3S. The molecule has 144 valence electrons. The maximum atomic E-state index is 12.9. The van der Waals surface area contributed by atoms with Crippen LogP contribution in [0.25, 0.3) is 0 Å². The summed E-state index contributed by atoms with van der Waals surface area (Å²) in [5, 5.41) is 0. The highest BCUT2D eigenvalue weighted by Gasteiger charge is 2.24. The van der Waals surface area contributed by atoms with Crippen LogP contribution in [-0.2, 0) is 10.0 Å². The van der Waals surface area contributed by atoms with E-state index in [-0.39, 0.29) is 10.8 Å². The second-order valence-corrected chi connectivity index (χ2v) is 9.11. The van der Waals surface area contributed by atoms with Crippen molar-refractivity contribution < 1.29 is 13.2 Å². The Bertz CT molecular complexity index is 928. The molecule has 0 unspecified atom stereocenters. The number of amides is 1. The minimum atomic E-state index is -3.76. The molecule has 1 heterocycles. The lowest BCUT2D eigenvalue weighted by Crippen LogP contribution is -2.38. The number of nitrogens with zero attached hydrogens (tertiary/aromatic N) is 1. The SMILES string of the molecule is Cc1ccc(NS(=O)(=O)c2ccc(C)c(C(=O)N3CCC(C)CC3)c2)cc1. The van der Waals surface area contributed by atoms with Gasteiger partial charge in [0, 0.05) is 24.3 Å². The van der Waals surface area contributed by atoms with E-state index in [4.69, 9.17) is 0 Å². The van der Waals surface area contributed by atoms with E-state index in [1.807, 2.05) is 30.9 Å². The van der Waals surface area contributed by atoms with Gasteiger partial charge in [-0.1, -0.05) is 30.7 Å². The summed E-state index contributed by atoms with van der Waals surface area (Å²) in [6, 6.07) is 11.9. The lowest BCUT2D eigenvalue weighted by molar-refractivity contribution is 0.0696. The Morgan fingerprint density at radius 1 is 1.04 bits per heavy atom. The predicted octanol–water partition coefficient (Wildman–Crippen LogP) is 3.98. The summed E-state index contributed by atoms with van der Waals surface area (Å²) in [6.07, 6.45) is 1.97. The van der Waals surface area contributed by atoms with Gasteiger partial charge in [-0.3, -0.25) is 9.52 Å². The number of carbonyl (C=O) groups is 1. The molecular weight excluding hydrogens is 360 g/mol. The Hall–Kier alpha value is -2.34. The van der Waals surface area contributed by atoms with E-state index in [0.29, 0.717) is 17.2 Å². The van der Waals surface area contributed by atoms with Gasteiger partial charge < -0.3 is 4.90 Å². The number of hydrogen-bond donors (Lipinski definition) is 1. The number of likely N-dealkylation sites (tertiary alicyclic amines) is 1. The first-order valence-corrected chi connectivity index (χ1v) is 10.7. The molecule has 1 aliphatic rings. The summed E-state index contributed by atoms with van der Waals surface area (Å²) in [6.45, 7) is 7.41. The van der Waals surface area contributed by atoms with E-state index in [0.717, 1.165) is 37.1 Å². The largest absolute Gasteiger partial charge is 0.339 e. The van der Waals surface area contributed by atoms with Crippen LogP contribution in [-0.4, -0.2) is 32.3 Å². The molecule has 1 amide bonds. The number of carbonyl (C=O) groups excluding carboxylic acids is 1. The van der Waals surface area contributed by atoms with Crippen molar-refractivity contribution in [3.8, 4) is 0 Å². The van der Waals surface area contributed by atoms with Gasteiger partial charge in [0.1, 0.15) is 0 Å². The Kier molecular flexibility index (Phi) is 5.56. The van der Waals surface area contributed by atoms with Gasteiger partial charge in [0.15, 0.2) is 0 Å². The van der Waals surface area contributed by atoms with Crippen LogP contribution < -0.4 is 4.72 Å². The molecule has 5 nitrogen and oxygen atoms in total. The first kappa shape index (κ1) is 19.4. The molecule has 2 aromatic rings. The molecule has 0 radical (unpaired) electrons. The quantitative estimate of drug-likeness (QED) is 0.864. The molecule has 3 rings (SSSR count). The number of sulfonamides is 1. The topological polar surface area (TPSA) is 66.5 Å². The Labute approximate surface area is 161 Å². The van der Waals surface area contributed by atoms with Crippen LogP contribution in [0.4, 0.5) is 5.69 Å². The fourth-order valence-electron chi connectivity index (χ4n) is 3.22. The van der Waals surface area contributed by atoms with E-state index < -0.39 is 10.0 Å². The van der Waals surface area contributed by atoms with Crippen LogP contribution in [0.2, 0.25) is 0 Å². The second-order valence-electron chi connectivity index (χ2n) is 7.42. The molecule has 1 aliphatic heterocycles. The van der Waals surface area contributed by atoms with Crippen molar-refractivity contribution in [3.63, 3.8) is 0 Å². The molecule has 0 aliphatic carbocycles. The lowest BCUT2D eigenvalue weighted by Gasteiger charge is -2.30. The van der Waals surface area contributed by atoms with Crippen LogP contribution in [0.15, 0.2) is 47.4 Å². The Balaban J connectivity index is 1.85. The normalized spacial score (nSPS) is 15.6. The van der Waals surface area contributed by atoms with E-state index in [1.165, 1.54) is 6.07 Å². The zero-order chi connectivity index (χ0) is 19.6. The summed E-state index contributed by atoms with van der Waals surface area (Å²) < 4.78 is 28.1. The zero-order valence-corrected chi connectivity index (χ0v) is 16.8. The molecule has 0 atom stereocenters. The summed E-state index contributed by atoms with van der Waals surface area (Å²) in [5.41, 5.74) is 2.79. The van der Waals surface area contributed by atoms with Crippen molar-refractivity contribution in [1.82, 2.24) is 4.90 Å². The molecule has 1 N–H and O–H groups in total. The van der Waals surface area contributed by atoms with Crippen molar-refractivity contribution >= 4 is 21.6 Å². The van der Waals surface area contributed by atoms with Gasteiger partial charge in [-0.2, -0.15) is 0 Å². The molecule has 1 saturated heterocycles. The van der Waals surface area contributed by atoms with Crippen LogP contribution in [0.5, 0.6) is 0 Å². The summed E-state index contributed by atoms with van der Waals surface area (Å²) in [7, 11) is -3.76. The first-order chi connectivity index (χ1) is 12.8. The average molecular weight is 387 g/mol. The number of piperidine rings is 1. The summed E-state index contributed by atoms with van der Waals surface area (Å²) in [5.74, 6) is 0.535. The van der Waals surface area contributed by atoms with E-state index in [1.54, 1.807) is 24.3 Å².